The maximum absolute atomic E-state index is 13.0. The maximum Gasteiger partial charge on any atom is 0.275 e. The molecule has 4 aromatic rings. The molecule has 6 nitrogen and oxygen atoms in total. The van der Waals surface area contributed by atoms with E-state index >= 15 is 0 Å². The molecule has 4 rings (SSSR count). The van der Waals surface area contributed by atoms with Crippen LogP contribution in [0.1, 0.15) is 34.5 Å². The number of benzene rings is 2. The first kappa shape index (κ1) is 19.9. The van der Waals surface area contributed by atoms with Crippen LogP contribution in [0.25, 0.3) is 5.82 Å². The zero-order valence-corrected chi connectivity index (χ0v) is 17.3. The van der Waals surface area contributed by atoms with Crippen molar-refractivity contribution < 1.29 is 4.79 Å². The summed E-state index contributed by atoms with van der Waals surface area (Å²) in [5.74, 6) is 0.551. The monoisotopic (exact) mass is 419 g/mol. The summed E-state index contributed by atoms with van der Waals surface area (Å²) in [4.78, 5) is 13.0. The summed E-state index contributed by atoms with van der Waals surface area (Å²) in [6.45, 7) is 3.04. The molecule has 0 aliphatic heterocycles. The van der Waals surface area contributed by atoms with Crippen LogP contribution in [0.15, 0.2) is 79.1 Å². The number of hydrogen-bond acceptors (Lipinski definition) is 3. The molecule has 0 aliphatic carbocycles. The Morgan fingerprint density at radius 3 is 2.57 bits per heavy atom. The molecular formula is C23H22ClN5O. The van der Waals surface area contributed by atoms with Gasteiger partial charge in [-0.3, -0.25) is 4.79 Å². The first-order valence-electron chi connectivity index (χ1n) is 9.76. The van der Waals surface area contributed by atoms with E-state index in [9.17, 15) is 4.79 Å². The molecule has 1 N–H and O–H groups in total. The molecule has 0 radical (unpaired) electrons. The lowest BCUT2D eigenvalue weighted by molar-refractivity contribution is 0.0946. The van der Waals surface area contributed by atoms with Crippen LogP contribution in [-0.4, -0.2) is 32.0 Å². The smallest absolute Gasteiger partial charge is 0.275 e. The first-order valence-corrected chi connectivity index (χ1v) is 10.1. The van der Waals surface area contributed by atoms with Crippen molar-refractivity contribution in [1.29, 1.82) is 0 Å². The summed E-state index contributed by atoms with van der Waals surface area (Å²) in [6, 6.07) is 21.5. The standard InChI is InChI=1S/C23H22ClN5O/c1-17(19-9-3-2-4-10-19)15-25-22(30)21-23(28-12-5-6-13-28)29(27-26-21)16-18-8-7-11-20(24)14-18/h2-14,17H,15-16H2,1H3,(H,25,30)/t17-/m0/s1. The number of rotatable bonds is 7. The fourth-order valence-corrected chi connectivity index (χ4v) is 3.54. The number of nitrogens with zero attached hydrogens (tertiary/aromatic N) is 4. The highest BCUT2D eigenvalue weighted by atomic mass is 35.5. The van der Waals surface area contributed by atoms with Gasteiger partial charge in [-0.1, -0.05) is 66.2 Å². The Kier molecular flexibility index (Phi) is 5.95. The van der Waals surface area contributed by atoms with Crippen LogP contribution < -0.4 is 5.32 Å². The van der Waals surface area contributed by atoms with Crippen molar-refractivity contribution in [1.82, 2.24) is 24.9 Å². The first-order chi connectivity index (χ1) is 14.6. The van der Waals surface area contributed by atoms with Crippen molar-refractivity contribution in [2.24, 2.45) is 0 Å². The molecule has 30 heavy (non-hydrogen) atoms. The molecule has 0 fully saturated rings. The second-order valence-electron chi connectivity index (χ2n) is 7.16. The van der Waals surface area contributed by atoms with Gasteiger partial charge in [-0.15, -0.1) is 5.10 Å². The van der Waals surface area contributed by atoms with E-state index in [1.54, 1.807) is 4.68 Å². The molecule has 2 aromatic carbocycles. The minimum Gasteiger partial charge on any atom is -0.350 e. The highest BCUT2D eigenvalue weighted by Gasteiger charge is 2.21. The molecule has 152 valence electrons. The number of amides is 1. The lowest BCUT2D eigenvalue weighted by Gasteiger charge is -2.13. The third kappa shape index (κ3) is 4.44. The van der Waals surface area contributed by atoms with Crippen molar-refractivity contribution in [3.05, 3.63) is 101 Å². The fourth-order valence-electron chi connectivity index (χ4n) is 3.33. The fraction of sp³-hybridized carbons (Fsp3) is 0.174. The van der Waals surface area contributed by atoms with Gasteiger partial charge < -0.3 is 9.88 Å². The van der Waals surface area contributed by atoms with Gasteiger partial charge in [0.2, 0.25) is 0 Å². The lowest BCUT2D eigenvalue weighted by atomic mass is 10.0. The van der Waals surface area contributed by atoms with E-state index in [-0.39, 0.29) is 17.5 Å². The van der Waals surface area contributed by atoms with Crippen LogP contribution >= 0.6 is 11.6 Å². The number of halogens is 1. The van der Waals surface area contributed by atoms with Crippen molar-refractivity contribution in [2.45, 2.75) is 19.4 Å². The number of carbonyl (C=O) groups excluding carboxylic acids is 1. The molecule has 0 bridgehead atoms. The lowest BCUT2D eigenvalue weighted by Crippen LogP contribution is -2.29. The zero-order chi connectivity index (χ0) is 20.9. The molecule has 0 saturated heterocycles. The van der Waals surface area contributed by atoms with Gasteiger partial charge in [0.05, 0.1) is 6.54 Å². The van der Waals surface area contributed by atoms with Gasteiger partial charge in [0.15, 0.2) is 11.5 Å². The summed E-state index contributed by atoms with van der Waals surface area (Å²) in [5.41, 5.74) is 2.44. The molecule has 0 saturated carbocycles. The van der Waals surface area contributed by atoms with E-state index < -0.39 is 0 Å². The van der Waals surface area contributed by atoms with Gasteiger partial charge in [0, 0.05) is 24.0 Å². The minimum atomic E-state index is -0.251. The zero-order valence-electron chi connectivity index (χ0n) is 16.6. The highest BCUT2D eigenvalue weighted by molar-refractivity contribution is 6.30. The highest BCUT2D eigenvalue weighted by Crippen LogP contribution is 2.18. The number of nitrogens with one attached hydrogen (secondary N) is 1. The van der Waals surface area contributed by atoms with Crippen molar-refractivity contribution in [2.75, 3.05) is 6.54 Å². The van der Waals surface area contributed by atoms with Gasteiger partial charge in [-0.05, 0) is 41.3 Å². The summed E-state index contributed by atoms with van der Waals surface area (Å²) < 4.78 is 3.56. The van der Waals surface area contributed by atoms with Gasteiger partial charge >= 0.3 is 0 Å². The van der Waals surface area contributed by atoms with Crippen LogP contribution in [0.2, 0.25) is 5.02 Å². The van der Waals surface area contributed by atoms with Gasteiger partial charge in [-0.25, -0.2) is 4.68 Å². The molecule has 0 spiro atoms. The Balaban J connectivity index is 1.57. The normalized spacial score (nSPS) is 11.9. The molecule has 1 atom stereocenters. The summed E-state index contributed by atoms with van der Waals surface area (Å²) in [7, 11) is 0. The van der Waals surface area contributed by atoms with E-state index in [1.165, 1.54) is 5.56 Å². The molecular weight excluding hydrogens is 398 g/mol. The van der Waals surface area contributed by atoms with Crippen molar-refractivity contribution in [3.63, 3.8) is 0 Å². The Labute approximate surface area is 180 Å². The third-order valence-corrected chi connectivity index (χ3v) is 5.17. The van der Waals surface area contributed by atoms with E-state index in [0.29, 0.717) is 23.9 Å². The Hall–Kier alpha value is -3.38. The number of aromatic nitrogens is 4. The largest absolute Gasteiger partial charge is 0.350 e. The molecule has 0 unspecified atom stereocenters. The van der Waals surface area contributed by atoms with Gasteiger partial charge in [-0.2, -0.15) is 0 Å². The van der Waals surface area contributed by atoms with E-state index in [4.69, 9.17) is 11.6 Å². The van der Waals surface area contributed by atoms with Crippen LogP contribution in [0.5, 0.6) is 0 Å². The summed E-state index contributed by atoms with van der Waals surface area (Å²) >= 11 is 6.11. The van der Waals surface area contributed by atoms with Crippen LogP contribution in [0, 0.1) is 0 Å². The average molecular weight is 420 g/mol. The predicted molar refractivity (Wildman–Crippen MR) is 117 cm³/mol. The van der Waals surface area contributed by atoms with E-state index in [0.717, 1.165) is 5.56 Å². The second-order valence-corrected chi connectivity index (χ2v) is 7.60. The molecule has 2 aromatic heterocycles. The second kappa shape index (κ2) is 8.97. The Bertz CT molecular complexity index is 1120. The van der Waals surface area contributed by atoms with Crippen LogP contribution in [0.4, 0.5) is 0 Å². The molecule has 1 amide bonds. The average Bonchev–Trinajstić information content (AvgIpc) is 3.42. The Morgan fingerprint density at radius 1 is 1.07 bits per heavy atom. The van der Waals surface area contributed by atoms with Crippen molar-refractivity contribution >= 4 is 17.5 Å². The number of carbonyl (C=O) groups is 1. The van der Waals surface area contributed by atoms with Gasteiger partial charge in [0.1, 0.15) is 0 Å². The van der Waals surface area contributed by atoms with Crippen molar-refractivity contribution in [3.8, 4) is 5.82 Å². The topological polar surface area (TPSA) is 64.7 Å². The quantitative estimate of drug-likeness (QED) is 0.485. The van der Waals surface area contributed by atoms with E-state index in [2.05, 4.69) is 34.7 Å². The Morgan fingerprint density at radius 2 is 1.83 bits per heavy atom. The molecule has 7 heteroatoms. The number of hydrogen-bond donors (Lipinski definition) is 1. The molecule has 2 heterocycles. The van der Waals surface area contributed by atoms with Crippen LogP contribution in [-0.2, 0) is 6.54 Å². The maximum atomic E-state index is 13.0. The third-order valence-electron chi connectivity index (χ3n) is 4.93. The van der Waals surface area contributed by atoms with Crippen LogP contribution in [0.3, 0.4) is 0 Å². The SMILES string of the molecule is C[C@@H](CNC(=O)c1nnn(Cc2cccc(Cl)c2)c1-n1cccc1)c1ccccc1. The minimum absolute atomic E-state index is 0.187. The predicted octanol–water partition coefficient (Wildman–Crippen LogP) is 4.30. The summed E-state index contributed by atoms with van der Waals surface area (Å²) in [6.07, 6.45) is 3.74. The molecule has 0 aliphatic rings. The van der Waals surface area contributed by atoms with E-state index in [1.807, 2.05) is 71.6 Å². The van der Waals surface area contributed by atoms with Gasteiger partial charge in [0.25, 0.3) is 5.91 Å². The summed E-state index contributed by atoms with van der Waals surface area (Å²) in [5, 5.41) is 12.1.